The molecule has 1 aliphatic heterocycles. The van der Waals surface area contributed by atoms with E-state index in [-0.39, 0.29) is 0 Å². The Hall–Kier alpha value is -0.560. The molecule has 0 aromatic heterocycles. The highest BCUT2D eigenvalue weighted by Gasteiger charge is 2.18. The summed E-state index contributed by atoms with van der Waals surface area (Å²) >= 11 is 0. The van der Waals surface area contributed by atoms with Crippen LogP contribution < -0.4 is 0 Å². The monoisotopic (exact) mass is 437 g/mol. The molecule has 0 aromatic carbocycles. The standard InChI is InChI=1S/C24H45N.3C2H6/c1-3-4-5-6-7-8-9-10-11-12-13-14-15-16-17-18-19-20-24-21-22-25(2)23-24;3*1-2/h7-8,10-11,24H,3-6,9,12-23H2,1-2H3;3*1-2H3/b8-7-,11-10-;;;. The third-order valence-electron chi connectivity index (χ3n) is 5.55. The van der Waals surface area contributed by atoms with Crippen LogP contribution in [0.2, 0.25) is 0 Å². The molecular formula is C30H63N. The molecule has 1 saturated heterocycles. The van der Waals surface area contributed by atoms with Gasteiger partial charge >= 0.3 is 0 Å². The van der Waals surface area contributed by atoms with Gasteiger partial charge in [0.15, 0.2) is 0 Å². The summed E-state index contributed by atoms with van der Waals surface area (Å²) in [6, 6.07) is 0. The van der Waals surface area contributed by atoms with Crippen LogP contribution in [-0.4, -0.2) is 25.0 Å². The molecule has 0 aromatic rings. The highest BCUT2D eigenvalue weighted by molar-refractivity contribution is 4.92. The summed E-state index contributed by atoms with van der Waals surface area (Å²) in [6.07, 6.45) is 30.1. The van der Waals surface area contributed by atoms with Gasteiger partial charge in [0, 0.05) is 6.54 Å². The third-order valence-corrected chi connectivity index (χ3v) is 5.55. The van der Waals surface area contributed by atoms with E-state index in [1.807, 2.05) is 41.5 Å². The lowest BCUT2D eigenvalue weighted by atomic mass is 9.99. The van der Waals surface area contributed by atoms with Gasteiger partial charge in [0.1, 0.15) is 0 Å². The zero-order valence-electron chi connectivity index (χ0n) is 23.4. The fourth-order valence-corrected chi connectivity index (χ4v) is 3.86. The van der Waals surface area contributed by atoms with Crippen molar-refractivity contribution in [2.24, 2.45) is 5.92 Å². The minimum atomic E-state index is 1.00. The Morgan fingerprint density at radius 2 is 1.13 bits per heavy atom. The van der Waals surface area contributed by atoms with Crippen molar-refractivity contribution in [2.45, 2.75) is 145 Å². The Morgan fingerprint density at radius 3 is 1.61 bits per heavy atom. The molecule has 31 heavy (non-hydrogen) atoms. The van der Waals surface area contributed by atoms with Gasteiger partial charge in [0.2, 0.25) is 0 Å². The first kappa shape index (κ1) is 35.0. The Bertz CT molecular complexity index is 331. The molecule has 1 aliphatic rings. The van der Waals surface area contributed by atoms with Crippen LogP contribution in [0.1, 0.15) is 145 Å². The second kappa shape index (κ2) is 34.1. The Balaban J connectivity index is -0.00000120. The molecule has 1 unspecified atom stereocenters. The predicted octanol–water partition coefficient (Wildman–Crippen LogP) is 10.6. The maximum atomic E-state index is 2.49. The van der Waals surface area contributed by atoms with Crippen LogP contribution in [-0.2, 0) is 0 Å². The number of likely N-dealkylation sites (tertiary alicyclic amines) is 1. The average molecular weight is 438 g/mol. The number of hydrogen-bond acceptors (Lipinski definition) is 1. The van der Waals surface area contributed by atoms with Crippen molar-refractivity contribution in [3.63, 3.8) is 0 Å². The molecule has 1 nitrogen and oxygen atoms in total. The molecule has 0 bridgehead atoms. The summed E-state index contributed by atoms with van der Waals surface area (Å²) in [5, 5.41) is 0. The minimum absolute atomic E-state index is 1.00. The van der Waals surface area contributed by atoms with Crippen LogP contribution in [0.5, 0.6) is 0 Å². The number of rotatable bonds is 16. The fourth-order valence-electron chi connectivity index (χ4n) is 3.86. The lowest BCUT2D eigenvalue weighted by molar-refractivity contribution is 0.382. The minimum Gasteiger partial charge on any atom is -0.306 e. The van der Waals surface area contributed by atoms with E-state index in [1.165, 1.54) is 103 Å². The molecule has 188 valence electrons. The smallest absolute Gasteiger partial charge is 0.000708 e. The van der Waals surface area contributed by atoms with E-state index in [0.717, 1.165) is 12.3 Å². The van der Waals surface area contributed by atoms with E-state index in [0.29, 0.717) is 0 Å². The summed E-state index contributed by atoms with van der Waals surface area (Å²) in [6.45, 7) is 16.9. The summed E-state index contributed by atoms with van der Waals surface area (Å²) in [5.74, 6) is 1.00. The normalized spacial score (nSPS) is 15.8. The Labute approximate surface area is 200 Å². The summed E-state index contributed by atoms with van der Waals surface area (Å²) in [4.78, 5) is 2.49. The van der Waals surface area contributed by atoms with E-state index >= 15 is 0 Å². The summed E-state index contributed by atoms with van der Waals surface area (Å²) in [7, 11) is 2.26. The largest absolute Gasteiger partial charge is 0.306 e. The van der Waals surface area contributed by atoms with Crippen LogP contribution in [0.3, 0.4) is 0 Å². The van der Waals surface area contributed by atoms with Gasteiger partial charge in [-0.2, -0.15) is 0 Å². The van der Waals surface area contributed by atoms with Gasteiger partial charge in [-0.05, 0) is 64.5 Å². The molecule has 0 saturated carbocycles. The van der Waals surface area contributed by atoms with E-state index < -0.39 is 0 Å². The van der Waals surface area contributed by atoms with Crippen LogP contribution in [0.25, 0.3) is 0 Å². The second-order valence-electron chi connectivity index (χ2n) is 8.14. The maximum absolute atomic E-state index is 2.49. The zero-order valence-corrected chi connectivity index (χ0v) is 23.4. The zero-order chi connectivity index (χ0) is 24.0. The third kappa shape index (κ3) is 29.4. The lowest BCUT2D eigenvalue weighted by Gasteiger charge is -2.09. The first-order chi connectivity index (χ1) is 15.3. The van der Waals surface area contributed by atoms with Crippen molar-refractivity contribution in [1.82, 2.24) is 4.90 Å². The molecule has 0 amide bonds. The molecule has 0 radical (unpaired) electrons. The molecule has 1 atom stereocenters. The molecule has 1 heterocycles. The first-order valence-electron chi connectivity index (χ1n) is 14.3. The molecule has 1 fully saturated rings. The summed E-state index contributed by atoms with van der Waals surface area (Å²) in [5.41, 5.74) is 0. The average Bonchev–Trinajstić information content (AvgIpc) is 3.25. The number of unbranched alkanes of at least 4 members (excludes halogenated alkanes) is 10. The highest BCUT2D eigenvalue weighted by Crippen LogP contribution is 2.21. The topological polar surface area (TPSA) is 3.24 Å². The quantitative estimate of drug-likeness (QED) is 0.171. The second-order valence-corrected chi connectivity index (χ2v) is 8.14. The predicted molar refractivity (Wildman–Crippen MR) is 148 cm³/mol. The van der Waals surface area contributed by atoms with Crippen LogP contribution in [0.15, 0.2) is 24.3 Å². The van der Waals surface area contributed by atoms with Crippen molar-refractivity contribution >= 4 is 0 Å². The Kier molecular flexibility index (Phi) is 38.5. The van der Waals surface area contributed by atoms with Crippen molar-refractivity contribution in [1.29, 1.82) is 0 Å². The Morgan fingerprint density at radius 1 is 0.645 bits per heavy atom. The van der Waals surface area contributed by atoms with Crippen molar-refractivity contribution in [3.8, 4) is 0 Å². The fraction of sp³-hybridized carbons (Fsp3) is 0.867. The molecule has 0 spiro atoms. The van der Waals surface area contributed by atoms with Crippen molar-refractivity contribution in [2.75, 3.05) is 20.1 Å². The van der Waals surface area contributed by atoms with Gasteiger partial charge in [-0.15, -0.1) is 0 Å². The SMILES string of the molecule is CC.CC.CC.CCCCC/C=C\C/C=C\CCCCCCCCCC1CCN(C)C1. The van der Waals surface area contributed by atoms with Gasteiger partial charge in [0.05, 0.1) is 0 Å². The van der Waals surface area contributed by atoms with Gasteiger partial charge in [-0.3, -0.25) is 0 Å². The highest BCUT2D eigenvalue weighted by atomic mass is 15.1. The molecular weight excluding hydrogens is 374 g/mol. The molecule has 1 heteroatoms. The lowest BCUT2D eigenvalue weighted by Crippen LogP contribution is -2.13. The first-order valence-corrected chi connectivity index (χ1v) is 14.3. The van der Waals surface area contributed by atoms with Gasteiger partial charge in [-0.25, -0.2) is 0 Å². The number of hydrogen-bond donors (Lipinski definition) is 0. The van der Waals surface area contributed by atoms with Crippen molar-refractivity contribution < 1.29 is 0 Å². The van der Waals surface area contributed by atoms with Gasteiger partial charge < -0.3 is 4.90 Å². The van der Waals surface area contributed by atoms with E-state index in [1.54, 1.807) is 0 Å². The van der Waals surface area contributed by atoms with Crippen LogP contribution in [0, 0.1) is 5.92 Å². The number of allylic oxidation sites excluding steroid dienone is 4. The maximum Gasteiger partial charge on any atom is 0.000708 e. The summed E-state index contributed by atoms with van der Waals surface area (Å²) < 4.78 is 0. The van der Waals surface area contributed by atoms with Gasteiger partial charge in [0.25, 0.3) is 0 Å². The molecule has 0 N–H and O–H groups in total. The van der Waals surface area contributed by atoms with E-state index in [2.05, 4.69) is 43.2 Å². The van der Waals surface area contributed by atoms with Crippen LogP contribution >= 0.6 is 0 Å². The number of nitrogens with zero attached hydrogens (tertiary/aromatic N) is 1. The van der Waals surface area contributed by atoms with Crippen molar-refractivity contribution in [3.05, 3.63) is 24.3 Å². The van der Waals surface area contributed by atoms with Crippen LogP contribution in [0.4, 0.5) is 0 Å². The van der Waals surface area contributed by atoms with E-state index in [9.17, 15) is 0 Å². The molecule has 1 rings (SSSR count). The van der Waals surface area contributed by atoms with E-state index in [4.69, 9.17) is 0 Å². The van der Waals surface area contributed by atoms with Gasteiger partial charge in [-0.1, -0.05) is 124 Å². The molecule has 0 aliphatic carbocycles.